The zero-order chi connectivity index (χ0) is 35.4. The highest BCUT2D eigenvalue weighted by Crippen LogP contribution is 2.40. The summed E-state index contributed by atoms with van der Waals surface area (Å²) in [6.45, 7) is 3.54. The van der Waals surface area contributed by atoms with Gasteiger partial charge in [-0.25, -0.2) is 4.79 Å². The van der Waals surface area contributed by atoms with Crippen LogP contribution >= 0.6 is 0 Å². The number of nitrogens with one attached hydrogen (secondary N) is 1. The lowest BCUT2D eigenvalue weighted by Gasteiger charge is -2.37. The van der Waals surface area contributed by atoms with Crippen molar-refractivity contribution in [3.05, 3.63) is 143 Å². The summed E-state index contributed by atoms with van der Waals surface area (Å²) in [5, 5.41) is 3.78. The van der Waals surface area contributed by atoms with Gasteiger partial charge in [0.25, 0.3) is 0 Å². The average Bonchev–Trinajstić information content (AvgIpc) is 3.63. The van der Waals surface area contributed by atoms with Crippen LogP contribution in [-0.4, -0.2) is 36.1 Å². The first-order valence-electron chi connectivity index (χ1n) is 18.9. The van der Waals surface area contributed by atoms with Crippen molar-refractivity contribution < 1.29 is 18.7 Å². The Morgan fingerprint density at radius 1 is 0.627 bits per heavy atom. The molecule has 5 rings (SSSR count). The van der Waals surface area contributed by atoms with Gasteiger partial charge in [0.05, 0.1) is 6.61 Å². The first kappa shape index (κ1) is 37.8. The molecule has 0 aliphatic rings. The number of aromatic nitrogens is 2. The minimum Gasteiger partial charge on any atom is -0.491 e. The maximum absolute atomic E-state index is 11.4. The number of ether oxygens (including phenoxy) is 3. The Balaban J connectivity index is 1.24. The maximum atomic E-state index is 11.4. The lowest BCUT2D eigenvalue weighted by molar-refractivity contribution is -0.0780. The second-order valence-corrected chi connectivity index (χ2v) is 13.3. The molecule has 51 heavy (non-hydrogen) atoms. The van der Waals surface area contributed by atoms with Crippen LogP contribution in [-0.2, 0) is 15.1 Å². The Morgan fingerprint density at radius 3 is 1.59 bits per heavy atom. The predicted molar refractivity (Wildman–Crippen MR) is 204 cm³/mol. The number of hydrogen-bond acceptors (Lipinski definition) is 6. The molecule has 0 bridgehead atoms. The molecular formula is C44H54N2O5. The number of nitrogens with zero attached hydrogens (tertiary/aromatic N) is 1. The molecule has 0 unspecified atom stereocenters. The van der Waals surface area contributed by atoms with E-state index in [0.717, 1.165) is 35.1 Å². The second kappa shape index (κ2) is 21.0. The van der Waals surface area contributed by atoms with Crippen LogP contribution in [0.25, 0.3) is 11.4 Å². The summed E-state index contributed by atoms with van der Waals surface area (Å²) in [4.78, 5) is 14.0. The van der Waals surface area contributed by atoms with E-state index in [1.165, 1.54) is 64.2 Å². The van der Waals surface area contributed by atoms with E-state index >= 15 is 0 Å². The van der Waals surface area contributed by atoms with Crippen molar-refractivity contribution in [1.82, 2.24) is 10.1 Å². The van der Waals surface area contributed by atoms with Crippen LogP contribution in [0.4, 0.5) is 0 Å². The van der Waals surface area contributed by atoms with Gasteiger partial charge < -0.3 is 14.2 Å². The van der Waals surface area contributed by atoms with Crippen molar-refractivity contribution >= 4 is 0 Å². The van der Waals surface area contributed by atoms with Crippen LogP contribution in [0.15, 0.2) is 125 Å². The lowest BCUT2D eigenvalue weighted by atomic mass is 9.80. The number of unbranched alkanes of at least 4 members (excludes halogenated alkanes) is 11. The number of rotatable bonds is 24. The van der Waals surface area contributed by atoms with Gasteiger partial charge in [-0.3, -0.25) is 9.51 Å². The molecule has 0 radical (unpaired) electrons. The molecule has 0 fully saturated rings. The van der Waals surface area contributed by atoms with Crippen molar-refractivity contribution in [3.8, 4) is 17.1 Å². The minimum atomic E-state index is -0.850. The Labute approximate surface area is 303 Å². The van der Waals surface area contributed by atoms with Gasteiger partial charge in [-0.1, -0.05) is 174 Å². The van der Waals surface area contributed by atoms with E-state index in [-0.39, 0.29) is 6.10 Å². The van der Waals surface area contributed by atoms with Crippen LogP contribution in [0.1, 0.15) is 101 Å². The Kier molecular flexibility index (Phi) is 15.6. The van der Waals surface area contributed by atoms with Crippen LogP contribution in [0.5, 0.6) is 5.75 Å². The topological polar surface area (TPSA) is 86.6 Å². The molecule has 0 aliphatic heterocycles. The number of hydrogen-bond donors (Lipinski definition) is 1. The predicted octanol–water partition coefficient (Wildman–Crippen LogP) is 10.5. The number of aromatic amines is 1. The summed E-state index contributed by atoms with van der Waals surface area (Å²) in [5.41, 5.74) is 3.02. The zero-order valence-electron chi connectivity index (χ0n) is 30.1. The van der Waals surface area contributed by atoms with Crippen molar-refractivity contribution in [2.24, 2.45) is 0 Å². The molecule has 0 amide bonds. The van der Waals surface area contributed by atoms with Crippen molar-refractivity contribution in [1.29, 1.82) is 0 Å². The second-order valence-electron chi connectivity index (χ2n) is 13.3. The molecule has 1 heterocycles. The normalized spacial score (nSPS) is 12.2. The molecule has 4 aromatic carbocycles. The fourth-order valence-corrected chi connectivity index (χ4v) is 6.58. The quantitative estimate of drug-likeness (QED) is 0.0512. The van der Waals surface area contributed by atoms with E-state index in [1.807, 2.05) is 42.5 Å². The summed E-state index contributed by atoms with van der Waals surface area (Å²) >= 11 is 0. The Morgan fingerprint density at radius 2 is 1.12 bits per heavy atom. The third kappa shape index (κ3) is 11.5. The van der Waals surface area contributed by atoms with E-state index in [4.69, 9.17) is 14.2 Å². The molecule has 5 aromatic rings. The molecule has 1 N–H and O–H groups in total. The van der Waals surface area contributed by atoms with Gasteiger partial charge in [0.2, 0.25) is 0 Å². The summed E-state index contributed by atoms with van der Waals surface area (Å²) < 4.78 is 24.6. The molecule has 7 nitrogen and oxygen atoms in total. The van der Waals surface area contributed by atoms with Gasteiger partial charge in [-0.2, -0.15) is 0 Å². The van der Waals surface area contributed by atoms with Gasteiger partial charge in [-0.05, 0) is 47.4 Å². The molecule has 0 spiro atoms. The Bertz CT molecular complexity index is 1590. The molecule has 0 saturated heterocycles. The highest BCUT2D eigenvalue weighted by Gasteiger charge is 2.38. The third-order valence-corrected chi connectivity index (χ3v) is 9.38. The van der Waals surface area contributed by atoms with Gasteiger partial charge in [0, 0.05) is 12.2 Å². The SMILES string of the molecule is CCCCCCCCCCCCCCO[C@@H](COc1ccc(-c2noc(=O)[nH]2)cc1)COC(c1ccccc1)(c1ccccc1)c1ccccc1. The zero-order valence-corrected chi connectivity index (χ0v) is 30.1. The standard InChI is InChI=1S/C44H54N2O5/c1-2-3-4-5-6-7-8-9-10-11-12-22-33-48-41(34-49-40-31-29-36(30-32-40)42-45-43(47)51-46-42)35-50-44(37-23-16-13-17-24-37,38-25-18-14-19-26-38)39-27-20-15-21-28-39/h13-21,23-32,41H,2-12,22,33-35H2,1H3,(H,45,46,47)/t41-/m0/s1. The monoisotopic (exact) mass is 690 g/mol. The minimum absolute atomic E-state index is 0.312. The molecule has 1 atom stereocenters. The van der Waals surface area contributed by atoms with Crippen LogP contribution < -0.4 is 10.5 Å². The number of H-pyrrole nitrogens is 1. The van der Waals surface area contributed by atoms with Gasteiger partial charge in [-0.15, -0.1) is 0 Å². The fraction of sp³-hybridized carbons (Fsp3) is 0.409. The average molecular weight is 691 g/mol. The third-order valence-electron chi connectivity index (χ3n) is 9.38. The van der Waals surface area contributed by atoms with Crippen molar-refractivity contribution in [3.63, 3.8) is 0 Å². The smallest absolute Gasteiger partial charge is 0.439 e. The highest BCUT2D eigenvalue weighted by atomic mass is 16.6. The molecule has 0 aliphatic carbocycles. The van der Waals surface area contributed by atoms with Crippen molar-refractivity contribution in [2.75, 3.05) is 19.8 Å². The fourth-order valence-electron chi connectivity index (χ4n) is 6.58. The van der Waals surface area contributed by atoms with Crippen LogP contribution in [0, 0.1) is 0 Å². The Hall–Kier alpha value is -4.46. The first-order valence-corrected chi connectivity index (χ1v) is 18.9. The van der Waals surface area contributed by atoms with E-state index in [2.05, 4.69) is 94.4 Å². The molecule has 7 heteroatoms. The lowest BCUT2D eigenvalue weighted by Crippen LogP contribution is -2.38. The van der Waals surface area contributed by atoms with E-state index in [0.29, 0.717) is 31.4 Å². The highest BCUT2D eigenvalue weighted by molar-refractivity contribution is 5.55. The first-order chi connectivity index (χ1) is 25.2. The van der Waals surface area contributed by atoms with E-state index in [9.17, 15) is 4.79 Å². The number of benzene rings is 4. The van der Waals surface area contributed by atoms with E-state index in [1.54, 1.807) is 0 Å². The summed E-state index contributed by atoms with van der Waals surface area (Å²) in [6, 6.07) is 38.6. The van der Waals surface area contributed by atoms with Crippen molar-refractivity contribution in [2.45, 2.75) is 95.7 Å². The van der Waals surface area contributed by atoms with Gasteiger partial charge in [0.1, 0.15) is 24.1 Å². The van der Waals surface area contributed by atoms with Gasteiger partial charge in [0.15, 0.2) is 5.82 Å². The molecule has 1 aromatic heterocycles. The van der Waals surface area contributed by atoms with Gasteiger partial charge >= 0.3 is 5.76 Å². The summed E-state index contributed by atoms with van der Waals surface area (Å²) in [6.07, 6.45) is 15.2. The van der Waals surface area contributed by atoms with Crippen LogP contribution in [0.2, 0.25) is 0 Å². The summed E-state index contributed by atoms with van der Waals surface area (Å²) in [7, 11) is 0. The molecule has 0 saturated carbocycles. The molecule has 270 valence electrons. The largest absolute Gasteiger partial charge is 0.491 e. The maximum Gasteiger partial charge on any atom is 0.439 e. The van der Waals surface area contributed by atoms with Crippen LogP contribution in [0.3, 0.4) is 0 Å². The summed E-state index contributed by atoms with van der Waals surface area (Å²) in [5.74, 6) is 0.475. The van der Waals surface area contributed by atoms with E-state index < -0.39 is 11.4 Å². The molecular weight excluding hydrogens is 636 g/mol.